The minimum atomic E-state index is -0.623. The van der Waals surface area contributed by atoms with E-state index >= 15 is 0 Å². The minimum Gasteiger partial charge on any atom is -0.438 e. The van der Waals surface area contributed by atoms with Crippen molar-refractivity contribution in [1.29, 1.82) is 0 Å². The monoisotopic (exact) mass is 297 g/mol. The lowest BCUT2D eigenvalue weighted by molar-refractivity contribution is -0.389. The second-order valence-electron chi connectivity index (χ2n) is 5.88. The van der Waals surface area contributed by atoms with E-state index in [1.165, 1.54) is 6.20 Å². The Morgan fingerprint density at radius 3 is 2.90 bits per heavy atom. The van der Waals surface area contributed by atoms with Gasteiger partial charge in [0.05, 0.1) is 13.2 Å². The fourth-order valence-corrected chi connectivity index (χ4v) is 3.13. The van der Waals surface area contributed by atoms with Crippen LogP contribution < -0.4 is 4.74 Å². The number of ether oxygens (including phenoxy) is 4. The maximum atomic E-state index is 10.7. The van der Waals surface area contributed by atoms with Crippen molar-refractivity contribution in [1.82, 2.24) is 9.55 Å². The zero-order chi connectivity index (χ0) is 14.8. The van der Waals surface area contributed by atoms with Crippen LogP contribution >= 0.6 is 0 Å². The summed E-state index contributed by atoms with van der Waals surface area (Å²) in [5.41, 5.74) is 0. The van der Waals surface area contributed by atoms with E-state index in [0.717, 1.165) is 0 Å². The molecule has 0 N–H and O–H groups in total. The van der Waals surface area contributed by atoms with Crippen LogP contribution in [0.5, 0.6) is 6.01 Å². The Balaban J connectivity index is 1.50. The maximum Gasteiger partial charge on any atom is 0.414 e. The van der Waals surface area contributed by atoms with Gasteiger partial charge in [0.25, 0.3) is 0 Å². The first kappa shape index (κ1) is 13.0. The molecule has 0 amide bonds. The molecule has 0 saturated carbocycles. The van der Waals surface area contributed by atoms with Crippen molar-refractivity contribution in [2.45, 2.75) is 50.6 Å². The molecule has 4 rings (SSSR count). The first-order valence-electron chi connectivity index (χ1n) is 6.78. The van der Waals surface area contributed by atoms with E-state index in [1.54, 1.807) is 4.57 Å². The zero-order valence-corrected chi connectivity index (χ0v) is 11.6. The van der Waals surface area contributed by atoms with Crippen molar-refractivity contribution in [2.24, 2.45) is 0 Å². The first-order chi connectivity index (χ1) is 9.93. The smallest absolute Gasteiger partial charge is 0.414 e. The number of hydrogen-bond donors (Lipinski definition) is 0. The molecule has 3 aliphatic rings. The molecule has 2 saturated heterocycles. The molecule has 2 fully saturated rings. The minimum absolute atomic E-state index is 0.101. The van der Waals surface area contributed by atoms with E-state index in [2.05, 4.69) is 4.98 Å². The van der Waals surface area contributed by atoms with Gasteiger partial charge in [-0.25, -0.2) is 0 Å². The van der Waals surface area contributed by atoms with Crippen molar-refractivity contribution < 1.29 is 23.9 Å². The van der Waals surface area contributed by atoms with Crippen LogP contribution in [0.1, 0.15) is 13.8 Å². The summed E-state index contributed by atoms with van der Waals surface area (Å²) < 4.78 is 24.7. The fraction of sp³-hybridized carbons (Fsp3) is 0.750. The maximum absolute atomic E-state index is 10.7. The summed E-state index contributed by atoms with van der Waals surface area (Å²) in [7, 11) is 0. The summed E-state index contributed by atoms with van der Waals surface area (Å²) in [5.74, 6) is -0.835. The Kier molecular flexibility index (Phi) is 2.57. The molecular weight excluding hydrogens is 282 g/mol. The lowest BCUT2D eigenvalue weighted by atomic mass is 10.1. The van der Waals surface area contributed by atoms with Gasteiger partial charge in [-0.15, -0.1) is 0 Å². The highest BCUT2D eigenvalue weighted by Crippen LogP contribution is 2.38. The molecule has 4 atom stereocenters. The van der Waals surface area contributed by atoms with Crippen molar-refractivity contribution in [3.63, 3.8) is 0 Å². The van der Waals surface area contributed by atoms with Gasteiger partial charge in [0.2, 0.25) is 0 Å². The van der Waals surface area contributed by atoms with E-state index in [4.69, 9.17) is 18.9 Å². The van der Waals surface area contributed by atoms with Crippen LogP contribution in [0.25, 0.3) is 0 Å². The third-order valence-electron chi connectivity index (χ3n) is 3.91. The molecule has 9 nitrogen and oxygen atoms in total. The molecule has 0 unspecified atom stereocenters. The Morgan fingerprint density at radius 1 is 1.38 bits per heavy atom. The molecule has 1 aromatic rings. The van der Waals surface area contributed by atoms with Crippen molar-refractivity contribution in [3.8, 4) is 6.01 Å². The Hall–Kier alpha value is -1.71. The van der Waals surface area contributed by atoms with E-state index < -0.39 is 10.7 Å². The summed E-state index contributed by atoms with van der Waals surface area (Å²) in [6, 6.07) is 0.247. The van der Waals surface area contributed by atoms with E-state index in [0.29, 0.717) is 13.2 Å². The summed E-state index contributed by atoms with van der Waals surface area (Å²) in [6.45, 7) is 4.65. The molecular formula is C12H15N3O6. The standard InChI is InChI=1S/C12H15N3O6/c1-12(2)20-7-5-18-9(10(7)21-12)6-3-14-4-8(15(16)17)13-11(14)19-6/h4,6-7,9-10H,3,5H2,1-2H3/t6-,7+,9+,10+/m0/s1. The van der Waals surface area contributed by atoms with E-state index in [9.17, 15) is 10.1 Å². The molecule has 3 aliphatic heterocycles. The first-order valence-corrected chi connectivity index (χ1v) is 6.78. The molecule has 114 valence electrons. The van der Waals surface area contributed by atoms with Crippen molar-refractivity contribution >= 4 is 5.82 Å². The third-order valence-corrected chi connectivity index (χ3v) is 3.91. The number of nitro groups is 1. The number of aromatic nitrogens is 2. The molecule has 1 aromatic heterocycles. The zero-order valence-electron chi connectivity index (χ0n) is 11.6. The van der Waals surface area contributed by atoms with Gasteiger partial charge in [-0.2, -0.15) is 0 Å². The van der Waals surface area contributed by atoms with Gasteiger partial charge in [-0.05, 0) is 18.8 Å². The van der Waals surface area contributed by atoms with Crippen LogP contribution in [0.2, 0.25) is 0 Å². The SMILES string of the molecule is CC1(C)O[C@H]2[C@@H]([C@@H]3Cn4cc([N+](=O)[O-])nc4O3)OC[C@H]2O1. The molecule has 9 heteroatoms. The van der Waals surface area contributed by atoms with Crippen molar-refractivity contribution in [2.75, 3.05) is 6.61 Å². The van der Waals surface area contributed by atoms with Gasteiger partial charge in [-0.1, -0.05) is 0 Å². The number of nitrogens with zero attached hydrogens (tertiary/aromatic N) is 3. The topological polar surface area (TPSA) is 97.9 Å². The van der Waals surface area contributed by atoms with Crippen LogP contribution in [0.15, 0.2) is 6.20 Å². The van der Waals surface area contributed by atoms with Gasteiger partial charge in [0, 0.05) is 4.98 Å². The molecule has 4 heterocycles. The second kappa shape index (κ2) is 4.15. The molecule has 21 heavy (non-hydrogen) atoms. The number of fused-ring (bicyclic) bond motifs is 2. The van der Waals surface area contributed by atoms with Crippen molar-refractivity contribution in [3.05, 3.63) is 16.3 Å². The van der Waals surface area contributed by atoms with Gasteiger partial charge in [0.15, 0.2) is 11.9 Å². The van der Waals surface area contributed by atoms with Gasteiger partial charge in [-0.3, -0.25) is 4.57 Å². The van der Waals surface area contributed by atoms with E-state index in [-0.39, 0.29) is 36.2 Å². The Bertz CT molecular complexity index is 576. The predicted octanol–water partition coefficient (Wildman–Crippen LogP) is 0.471. The molecule has 0 spiro atoms. The molecule has 0 bridgehead atoms. The highest BCUT2D eigenvalue weighted by Gasteiger charge is 2.54. The van der Waals surface area contributed by atoms with Gasteiger partial charge < -0.3 is 29.1 Å². The summed E-state index contributed by atoms with van der Waals surface area (Å²) >= 11 is 0. The number of imidazole rings is 1. The average Bonchev–Trinajstić information content (AvgIpc) is 3.04. The summed E-state index contributed by atoms with van der Waals surface area (Å²) in [5, 5.41) is 10.7. The Labute approximate surface area is 119 Å². The lowest BCUT2D eigenvalue weighted by Crippen LogP contribution is -2.41. The molecule has 0 radical (unpaired) electrons. The van der Waals surface area contributed by atoms with Crippen LogP contribution in [-0.2, 0) is 20.8 Å². The third kappa shape index (κ3) is 2.00. The highest BCUT2D eigenvalue weighted by atomic mass is 16.8. The summed E-state index contributed by atoms with van der Waals surface area (Å²) in [4.78, 5) is 14.0. The van der Waals surface area contributed by atoms with Crippen LogP contribution in [0.4, 0.5) is 5.82 Å². The normalized spacial score (nSPS) is 36.3. The second-order valence-corrected chi connectivity index (χ2v) is 5.88. The average molecular weight is 297 g/mol. The molecule has 0 aromatic carbocycles. The largest absolute Gasteiger partial charge is 0.438 e. The van der Waals surface area contributed by atoms with Gasteiger partial charge in [0.1, 0.15) is 24.5 Å². The number of rotatable bonds is 2. The summed E-state index contributed by atoms with van der Waals surface area (Å²) in [6.07, 6.45) is 0.538. The predicted molar refractivity (Wildman–Crippen MR) is 66.9 cm³/mol. The fourth-order valence-electron chi connectivity index (χ4n) is 3.13. The number of hydrogen-bond acceptors (Lipinski definition) is 7. The van der Waals surface area contributed by atoms with Crippen LogP contribution in [0, 0.1) is 10.1 Å². The van der Waals surface area contributed by atoms with Gasteiger partial charge >= 0.3 is 11.8 Å². The quantitative estimate of drug-likeness (QED) is 0.578. The Morgan fingerprint density at radius 2 is 2.19 bits per heavy atom. The molecule has 0 aliphatic carbocycles. The lowest BCUT2D eigenvalue weighted by Gasteiger charge is -2.24. The van der Waals surface area contributed by atoms with Crippen LogP contribution in [-0.4, -0.2) is 51.3 Å². The van der Waals surface area contributed by atoms with E-state index in [1.807, 2.05) is 13.8 Å². The van der Waals surface area contributed by atoms with Crippen LogP contribution in [0.3, 0.4) is 0 Å². The highest BCUT2D eigenvalue weighted by molar-refractivity contribution is 5.23.